The van der Waals surface area contributed by atoms with E-state index in [9.17, 15) is 17.6 Å². The van der Waals surface area contributed by atoms with Crippen LogP contribution in [0.1, 0.15) is 24.2 Å². The molecule has 2 unspecified atom stereocenters. The van der Waals surface area contributed by atoms with Gasteiger partial charge in [0.25, 0.3) is 5.91 Å². The summed E-state index contributed by atoms with van der Waals surface area (Å²) in [5, 5.41) is 2.97. The Balaban J connectivity index is 1.56. The first-order chi connectivity index (χ1) is 14.2. The second-order valence-electron chi connectivity index (χ2n) is 7.19. The fraction of sp³-hybridized carbons (Fsp3) is 0.300. The van der Waals surface area contributed by atoms with Gasteiger partial charge in [-0.3, -0.25) is 10.1 Å². The van der Waals surface area contributed by atoms with E-state index in [4.69, 9.17) is 4.74 Å². The van der Waals surface area contributed by atoms with E-state index in [-0.39, 0.29) is 41.6 Å². The number of ether oxygens (including phenoxy) is 1. The quantitative estimate of drug-likeness (QED) is 0.659. The van der Waals surface area contributed by atoms with Gasteiger partial charge in [0.1, 0.15) is 5.82 Å². The van der Waals surface area contributed by atoms with Gasteiger partial charge in [-0.25, -0.2) is 17.8 Å². The molecule has 158 valence electrons. The first kappa shape index (κ1) is 20.9. The Hall–Kier alpha value is -2.40. The highest BCUT2D eigenvalue weighted by Crippen LogP contribution is 2.27. The molecule has 1 N–H and O–H groups in total. The van der Waals surface area contributed by atoms with E-state index in [1.807, 2.05) is 13.8 Å². The highest BCUT2D eigenvalue weighted by atomic mass is 32.2. The summed E-state index contributed by atoms with van der Waals surface area (Å²) in [6.45, 7) is 4.16. The molecule has 1 aromatic heterocycles. The third kappa shape index (κ3) is 4.22. The number of rotatable bonds is 4. The number of nitrogens with zero attached hydrogens (tertiary/aromatic N) is 2. The Labute approximate surface area is 177 Å². The maximum absolute atomic E-state index is 13.4. The summed E-state index contributed by atoms with van der Waals surface area (Å²) in [4.78, 5) is 17.0. The van der Waals surface area contributed by atoms with E-state index in [2.05, 4.69) is 10.3 Å². The van der Waals surface area contributed by atoms with Crippen molar-refractivity contribution >= 4 is 42.6 Å². The van der Waals surface area contributed by atoms with Gasteiger partial charge in [0.15, 0.2) is 5.13 Å². The largest absolute Gasteiger partial charge is 0.373 e. The third-order valence-electron chi connectivity index (χ3n) is 4.69. The van der Waals surface area contributed by atoms with Crippen LogP contribution in [0.25, 0.3) is 10.2 Å². The number of amides is 1. The van der Waals surface area contributed by atoms with Crippen LogP contribution in [-0.2, 0) is 14.8 Å². The molecule has 0 bridgehead atoms. The zero-order valence-electron chi connectivity index (χ0n) is 16.3. The zero-order chi connectivity index (χ0) is 21.5. The van der Waals surface area contributed by atoms with Crippen LogP contribution in [0.2, 0.25) is 0 Å². The Morgan fingerprint density at radius 2 is 1.93 bits per heavy atom. The van der Waals surface area contributed by atoms with E-state index < -0.39 is 15.9 Å². The van der Waals surface area contributed by atoms with Crippen LogP contribution in [0.4, 0.5) is 9.52 Å². The number of carbonyl (C=O) groups excluding carboxylic acids is 1. The van der Waals surface area contributed by atoms with Crippen LogP contribution in [0.15, 0.2) is 47.4 Å². The lowest BCUT2D eigenvalue weighted by Gasteiger charge is -2.34. The highest BCUT2D eigenvalue weighted by molar-refractivity contribution is 7.89. The van der Waals surface area contributed by atoms with Crippen molar-refractivity contribution < 1.29 is 22.3 Å². The average Bonchev–Trinajstić information content (AvgIpc) is 3.08. The molecule has 2 atom stereocenters. The number of anilines is 1. The number of fused-ring (bicyclic) bond motifs is 1. The number of benzene rings is 2. The third-order valence-corrected chi connectivity index (χ3v) is 7.45. The second kappa shape index (κ2) is 8.03. The molecule has 10 heteroatoms. The molecule has 0 spiro atoms. The van der Waals surface area contributed by atoms with Gasteiger partial charge in [-0.1, -0.05) is 17.4 Å². The van der Waals surface area contributed by atoms with E-state index in [1.54, 1.807) is 0 Å². The SMILES string of the molecule is CC1CN(S(=O)(=O)c2cccc(C(=O)Nc3nc4ccc(F)cc4s3)c2)CC(C)O1. The minimum atomic E-state index is -3.76. The molecule has 0 radical (unpaired) electrons. The van der Waals surface area contributed by atoms with Gasteiger partial charge in [-0.2, -0.15) is 4.31 Å². The summed E-state index contributed by atoms with van der Waals surface area (Å²) in [6, 6.07) is 10.1. The van der Waals surface area contributed by atoms with Crippen molar-refractivity contribution in [3.63, 3.8) is 0 Å². The van der Waals surface area contributed by atoms with Gasteiger partial charge in [-0.05, 0) is 50.2 Å². The lowest BCUT2D eigenvalue weighted by Crippen LogP contribution is -2.48. The van der Waals surface area contributed by atoms with Crippen molar-refractivity contribution in [2.24, 2.45) is 0 Å². The summed E-state index contributed by atoms with van der Waals surface area (Å²) in [5.74, 6) is -0.871. The number of carbonyl (C=O) groups is 1. The van der Waals surface area contributed by atoms with E-state index in [0.29, 0.717) is 15.3 Å². The Morgan fingerprint density at radius 3 is 2.67 bits per heavy atom. The molecule has 0 aliphatic carbocycles. The summed E-state index contributed by atoms with van der Waals surface area (Å²) in [6.07, 6.45) is -0.419. The van der Waals surface area contributed by atoms with Crippen molar-refractivity contribution in [3.8, 4) is 0 Å². The molecule has 1 aliphatic rings. The molecule has 3 aromatic rings. The van der Waals surface area contributed by atoms with Crippen LogP contribution < -0.4 is 5.32 Å². The Morgan fingerprint density at radius 1 is 1.20 bits per heavy atom. The molecule has 1 aliphatic heterocycles. The zero-order valence-corrected chi connectivity index (χ0v) is 18.0. The number of thiazole rings is 1. The van der Waals surface area contributed by atoms with Crippen LogP contribution >= 0.6 is 11.3 Å². The molecule has 2 heterocycles. The van der Waals surface area contributed by atoms with E-state index >= 15 is 0 Å². The van der Waals surface area contributed by atoms with Crippen LogP contribution in [0.3, 0.4) is 0 Å². The fourth-order valence-corrected chi connectivity index (χ4v) is 5.92. The molecule has 30 heavy (non-hydrogen) atoms. The number of sulfonamides is 1. The normalized spacial score (nSPS) is 20.4. The lowest BCUT2D eigenvalue weighted by molar-refractivity contribution is -0.0440. The predicted molar refractivity (Wildman–Crippen MR) is 113 cm³/mol. The minimum Gasteiger partial charge on any atom is -0.373 e. The molecule has 0 saturated carbocycles. The van der Waals surface area contributed by atoms with E-state index in [1.165, 1.54) is 46.8 Å². The molecule has 2 aromatic carbocycles. The smallest absolute Gasteiger partial charge is 0.257 e. The van der Waals surface area contributed by atoms with Crippen molar-refractivity contribution in [3.05, 3.63) is 53.8 Å². The molecule has 7 nitrogen and oxygen atoms in total. The predicted octanol–water partition coefficient (Wildman–Crippen LogP) is 3.49. The van der Waals surface area contributed by atoms with Crippen LogP contribution in [0, 0.1) is 5.82 Å². The first-order valence-electron chi connectivity index (χ1n) is 9.35. The van der Waals surface area contributed by atoms with Gasteiger partial charge in [0.2, 0.25) is 10.0 Å². The summed E-state index contributed by atoms with van der Waals surface area (Å²) in [5.41, 5.74) is 0.763. The number of nitrogens with one attached hydrogen (secondary N) is 1. The average molecular weight is 450 g/mol. The van der Waals surface area contributed by atoms with Gasteiger partial charge < -0.3 is 4.74 Å². The van der Waals surface area contributed by atoms with Gasteiger partial charge in [-0.15, -0.1) is 0 Å². The monoisotopic (exact) mass is 449 g/mol. The highest BCUT2D eigenvalue weighted by Gasteiger charge is 2.32. The molecule has 1 fully saturated rings. The topological polar surface area (TPSA) is 88.6 Å². The maximum Gasteiger partial charge on any atom is 0.257 e. The fourth-order valence-electron chi connectivity index (χ4n) is 3.40. The molecule has 4 rings (SSSR count). The standard InChI is InChI=1S/C20H20FN3O4S2/c1-12-10-24(11-13(2)28-12)30(26,27)16-5-3-4-14(8-16)19(25)23-20-22-17-7-6-15(21)9-18(17)29-20/h3-9,12-13H,10-11H2,1-2H3,(H,22,23,25). The van der Waals surface area contributed by atoms with Crippen molar-refractivity contribution in [1.29, 1.82) is 0 Å². The van der Waals surface area contributed by atoms with Gasteiger partial charge >= 0.3 is 0 Å². The maximum atomic E-state index is 13.4. The number of halogens is 1. The van der Waals surface area contributed by atoms with Crippen molar-refractivity contribution in [2.75, 3.05) is 18.4 Å². The van der Waals surface area contributed by atoms with Gasteiger partial charge in [0, 0.05) is 18.7 Å². The lowest BCUT2D eigenvalue weighted by atomic mass is 10.2. The molecule has 1 amide bonds. The Bertz CT molecular complexity index is 1200. The number of hydrogen-bond acceptors (Lipinski definition) is 6. The molecular weight excluding hydrogens is 429 g/mol. The first-order valence-corrected chi connectivity index (χ1v) is 11.6. The molecule has 1 saturated heterocycles. The van der Waals surface area contributed by atoms with Crippen molar-refractivity contribution in [1.82, 2.24) is 9.29 Å². The van der Waals surface area contributed by atoms with E-state index in [0.717, 1.165) is 11.3 Å². The Kier molecular flexibility index (Phi) is 5.58. The number of aromatic nitrogens is 1. The number of morpholine rings is 1. The summed E-state index contributed by atoms with van der Waals surface area (Å²) >= 11 is 1.14. The number of hydrogen-bond donors (Lipinski definition) is 1. The summed E-state index contributed by atoms with van der Waals surface area (Å²) in [7, 11) is -3.76. The van der Waals surface area contributed by atoms with Crippen LogP contribution in [0.5, 0.6) is 0 Å². The minimum absolute atomic E-state index is 0.0443. The summed E-state index contributed by atoms with van der Waals surface area (Å²) < 4.78 is 47.1. The van der Waals surface area contributed by atoms with Crippen molar-refractivity contribution in [2.45, 2.75) is 31.0 Å². The second-order valence-corrected chi connectivity index (χ2v) is 10.2. The van der Waals surface area contributed by atoms with Crippen LogP contribution in [-0.4, -0.2) is 48.9 Å². The van der Waals surface area contributed by atoms with Gasteiger partial charge in [0.05, 0.1) is 27.3 Å². The molecular formula is C20H20FN3O4S2.